The summed E-state index contributed by atoms with van der Waals surface area (Å²) in [5.41, 5.74) is 1.30. The number of rotatable bonds is 3. The standard InChI is InChI=1S/C16H24N2O2S/c1-3-17-8-10-18(11-9-17)16(19)15-14(20-2)12-6-4-5-7-13(12)21-15/h3-11H2,1-2H3. The van der Waals surface area contributed by atoms with Crippen molar-refractivity contribution in [2.45, 2.75) is 32.6 Å². The third kappa shape index (κ3) is 2.81. The molecular formula is C16H24N2O2S. The number of amides is 1. The molecule has 0 spiro atoms. The Morgan fingerprint density at radius 2 is 1.90 bits per heavy atom. The maximum Gasteiger partial charge on any atom is 0.267 e. The average Bonchev–Trinajstić information content (AvgIpc) is 2.92. The third-order valence-corrected chi connectivity index (χ3v) is 5.89. The van der Waals surface area contributed by atoms with E-state index in [2.05, 4.69) is 11.8 Å². The van der Waals surface area contributed by atoms with Gasteiger partial charge in [0.25, 0.3) is 5.91 Å². The van der Waals surface area contributed by atoms with Gasteiger partial charge in [0.2, 0.25) is 0 Å². The molecule has 21 heavy (non-hydrogen) atoms. The van der Waals surface area contributed by atoms with Crippen LogP contribution in [0.2, 0.25) is 0 Å². The predicted molar refractivity (Wildman–Crippen MR) is 85.5 cm³/mol. The van der Waals surface area contributed by atoms with Crippen LogP contribution in [0.4, 0.5) is 0 Å². The van der Waals surface area contributed by atoms with Gasteiger partial charge in [-0.2, -0.15) is 0 Å². The van der Waals surface area contributed by atoms with Gasteiger partial charge >= 0.3 is 0 Å². The third-order valence-electron chi connectivity index (χ3n) is 4.63. The Hall–Kier alpha value is -1.07. The zero-order chi connectivity index (χ0) is 14.8. The van der Waals surface area contributed by atoms with Gasteiger partial charge in [-0.05, 0) is 32.2 Å². The summed E-state index contributed by atoms with van der Waals surface area (Å²) in [6.45, 7) is 6.87. The normalized spacial score (nSPS) is 19.4. The molecule has 0 saturated carbocycles. The molecule has 1 aliphatic heterocycles. The van der Waals surface area contributed by atoms with Crippen LogP contribution in [-0.2, 0) is 12.8 Å². The van der Waals surface area contributed by atoms with Gasteiger partial charge in [-0.15, -0.1) is 11.3 Å². The number of carbonyl (C=O) groups is 1. The molecule has 4 nitrogen and oxygen atoms in total. The van der Waals surface area contributed by atoms with Crippen LogP contribution in [0.5, 0.6) is 5.75 Å². The molecule has 2 aliphatic rings. The smallest absolute Gasteiger partial charge is 0.267 e. The number of aryl methyl sites for hydroxylation is 1. The molecule has 0 N–H and O–H groups in total. The second-order valence-electron chi connectivity index (χ2n) is 5.80. The summed E-state index contributed by atoms with van der Waals surface area (Å²) < 4.78 is 5.59. The van der Waals surface area contributed by atoms with E-state index in [1.807, 2.05) is 4.90 Å². The van der Waals surface area contributed by atoms with E-state index >= 15 is 0 Å². The van der Waals surface area contributed by atoms with E-state index in [1.54, 1.807) is 18.4 Å². The summed E-state index contributed by atoms with van der Waals surface area (Å²) >= 11 is 1.67. The van der Waals surface area contributed by atoms with Gasteiger partial charge < -0.3 is 14.5 Å². The summed E-state index contributed by atoms with van der Waals surface area (Å²) in [5.74, 6) is 1.03. The lowest BCUT2D eigenvalue weighted by atomic mass is 9.98. The zero-order valence-electron chi connectivity index (χ0n) is 13.0. The minimum atomic E-state index is 0.169. The van der Waals surface area contributed by atoms with Crippen molar-refractivity contribution in [2.24, 2.45) is 0 Å². The monoisotopic (exact) mass is 308 g/mol. The quantitative estimate of drug-likeness (QED) is 0.860. The van der Waals surface area contributed by atoms with Crippen LogP contribution in [0, 0.1) is 0 Å². The SMILES string of the molecule is CCN1CCN(C(=O)c2sc3c(c2OC)CCCC3)CC1. The van der Waals surface area contributed by atoms with Crippen molar-refractivity contribution in [3.05, 3.63) is 15.3 Å². The van der Waals surface area contributed by atoms with Gasteiger partial charge in [0, 0.05) is 36.6 Å². The van der Waals surface area contributed by atoms with Gasteiger partial charge in [0.05, 0.1) is 7.11 Å². The highest BCUT2D eigenvalue weighted by Gasteiger charge is 2.29. The summed E-state index contributed by atoms with van der Waals surface area (Å²) in [7, 11) is 1.70. The Kier molecular flexibility index (Phi) is 4.50. The molecule has 0 aromatic carbocycles. The Bertz CT molecular complexity index is 519. The van der Waals surface area contributed by atoms with Crippen LogP contribution in [0.3, 0.4) is 0 Å². The van der Waals surface area contributed by atoms with Crippen molar-refractivity contribution in [3.8, 4) is 5.75 Å². The van der Waals surface area contributed by atoms with E-state index in [4.69, 9.17) is 4.74 Å². The van der Waals surface area contributed by atoms with Crippen LogP contribution in [0.1, 0.15) is 39.9 Å². The van der Waals surface area contributed by atoms with Crippen LogP contribution in [-0.4, -0.2) is 55.5 Å². The van der Waals surface area contributed by atoms with E-state index in [9.17, 15) is 4.79 Å². The number of thiophene rings is 1. The number of piperazine rings is 1. The average molecular weight is 308 g/mol. The summed E-state index contributed by atoms with van der Waals surface area (Å²) in [4.78, 5) is 19.4. The van der Waals surface area contributed by atoms with Gasteiger partial charge in [-0.3, -0.25) is 4.79 Å². The van der Waals surface area contributed by atoms with E-state index in [1.165, 1.54) is 23.3 Å². The van der Waals surface area contributed by atoms with Crippen molar-refractivity contribution in [1.82, 2.24) is 9.80 Å². The first kappa shape index (κ1) is 14.9. The lowest BCUT2D eigenvalue weighted by Gasteiger charge is -2.33. The predicted octanol–water partition coefficient (Wildman–Crippen LogP) is 2.41. The number of methoxy groups -OCH3 is 1. The van der Waals surface area contributed by atoms with Crippen molar-refractivity contribution in [3.63, 3.8) is 0 Å². The first-order chi connectivity index (χ1) is 10.2. The molecule has 1 saturated heterocycles. The van der Waals surface area contributed by atoms with Gasteiger partial charge in [0.15, 0.2) is 0 Å². The Morgan fingerprint density at radius 1 is 1.19 bits per heavy atom. The molecule has 1 fully saturated rings. The number of ether oxygens (including phenoxy) is 1. The summed E-state index contributed by atoms with van der Waals surface area (Å²) in [6.07, 6.45) is 4.61. The second-order valence-corrected chi connectivity index (χ2v) is 6.90. The first-order valence-electron chi connectivity index (χ1n) is 7.94. The molecule has 1 aromatic rings. The minimum absolute atomic E-state index is 0.169. The number of fused-ring (bicyclic) bond motifs is 1. The Labute approximate surface area is 130 Å². The molecule has 1 aromatic heterocycles. The fourth-order valence-electron chi connectivity index (χ4n) is 3.30. The summed E-state index contributed by atoms with van der Waals surface area (Å²) in [5, 5.41) is 0. The molecule has 0 bridgehead atoms. The molecule has 3 rings (SSSR count). The van der Waals surface area contributed by atoms with Crippen LogP contribution in [0.25, 0.3) is 0 Å². The number of hydrogen-bond acceptors (Lipinski definition) is 4. The maximum atomic E-state index is 12.8. The molecule has 0 atom stereocenters. The van der Waals surface area contributed by atoms with E-state index in [0.29, 0.717) is 0 Å². The van der Waals surface area contributed by atoms with Gasteiger partial charge in [-0.1, -0.05) is 6.92 Å². The van der Waals surface area contributed by atoms with E-state index in [-0.39, 0.29) is 5.91 Å². The minimum Gasteiger partial charge on any atom is -0.495 e. The van der Waals surface area contributed by atoms with Crippen molar-refractivity contribution in [1.29, 1.82) is 0 Å². The molecular weight excluding hydrogens is 284 g/mol. The van der Waals surface area contributed by atoms with Gasteiger partial charge in [-0.25, -0.2) is 0 Å². The van der Waals surface area contributed by atoms with Gasteiger partial charge in [0.1, 0.15) is 10.6 Å². The maximum absolute atomic E-state index is 12.8. The van der Waals surface area contributed by atoms with Crippen molar-refractivity contribution >= 4 is 17.2 Å². The number of likely N-dealkylation sites (N-methyl/N-ethyl adjacent to an activating group) is 1. The number of hydrogen-bond donors (Lipinski definition) is 0. The van der Waals surface area contributed by atoms with Crippen LogP contribution in [0.15, 0.2) is 0 Å². The molecule has 1 aliphatic carbocycles. The van der Waals surface area contributed by atoms with E-state index < -0.39 is 0 Å². The Morgan fingerprint density at radius 3 is 2.57 bits per heavy atom. The second kappa shape index (κ2) is 6.36. The zero-order valence-corrected chi connectivity index (χ0v) is 13.8. The highest BCUT2D eigenvalue weighted by molar-refractivity contribution is 7.14. The fourth-order valence-corrected chi connectivity index (χ4v) is 4.63. The molecule has 1 amide bonds. The highest BCUT2D eigenvalue weighted by Crippen LogP contribution is 2.40. The lowest BCUT2D eigenvalue weighted by molar-refractivity contribution is 0.0645. The highest BCUT2D eigenvalue weighted by atomic mass is 32.1. The molecule has 0 radical (unpaired) electrons. The van der Waals surface area contributed by atoms with Crippen LogP contribution >= 0.6 is 11.3 Å². The molecule has 0 unspecified atom stereocenters. The number of carbonyl (C=O) groups excluding carboxylic acids is 1. The topological polar surface area (TPSA) is 32.8 Å². The van der Waals surface area contributed by atoms with Crippen molar-refractivity contribution < 1.29 is 9.53 Å². The fraction of sp³-hybridized carbons (Fsp3) is 0.688. The van der Waals surface area contributed by atoms with E-state index in [0.717, 1.165) is 56.2 Å². The molecule has 116 valence electrons. The molecule has 5 heteroatoms. The molecule has 2 heterocycles. The Balaban J connectivity index is 1.80. The lowest BCUT2D eigenvalue weighted by Crippen LogP contribution is -2.48. The number of nitrogens with zero attached hydrogens (tertiary/aromatic N) is 2. The van der Waals surface area contributed by atoms with Crippen molar-refractivity contribution in [2.75, 3.05) is 39.8 Å². The summed E-state index contributed by atoms with van der Waals surface area (Å²) in [6, 6.07) is 0. The first-order valence-corrected chi connectivity index (χ1v) is 8.76. The largest absolute Gasteiger partial charge is 0.495 e. The van der Waals surface area contributed by atoms with Crippen LogP contribution < -0.4 is 4.74 Å².